The van der Waals surface area contributed by atoms with Crippen LogP contribution in [0.2, 0.25) is 5.02 Å². The van der Waals surface area contributed by atoms with Crippen LogP contribution in [0.3, 0.4) is 0 Å². The molecule has 0 fully saturated rings. The number of carbonyl (C=O) groups excluding carboxylic acids is 1. The van der Waals surface area contributed by atoms with Crippen LogP contribution in [-0.2, 0) is 4.79 Å². The number of amides is 1. The molecule has 4 heteroatoms. The lowest BCUT2D eigenvalue weighted by atomic mass is 10.1. The fourth-order valence-electron chi connectivity index (χ4n) is 2.14. The van der Waals surface area contributed by atoms with Crippen molar-refractivity contribution in [3.8, 4) is 5.75 Å². The summed E-state index contributed by atoms with van der Waals surface area (Å²) in [7, 11) is 0. The number of benzene rings is 2. The lowest BCUT2D eigenvalue weighted by Gasteiger charge is -2.19. The maximum Gasteiger partial charge on any atom is 0.265 e. The predicted octanol–water partition coefficient (Wildman–Crippen LogP) is 4.75. The van der Waals surface area contributed by atoms with E-state index in [0.29, 0.717) is 11.4 Å². The van der Waals surface area contributed by atoms with Crippen molar-refractivity contribution in [2.45, 2.75) is 33.3 Å². The zero-order valence-corrected chi connectivity index (χ0v) is 13.8. The van der Waals surface area contributed by atoms with Gasteiger partial charge in [0.1, 0.15) is 5.75 Å². The summed E-state index contributed by atoms with van der Waals surface area (Å²) >= 11 is 5.93. The van der Waals surface area contributed by atoms with Crippen molar-refractivity contribution in [3.63, 3.8) is 0 Å². The van der Waals surface area contributed by atoms with E-state index >= 15 is 0 Å². The summed E-state index contributed by atoms with van der Waals surface area (Å²) < 4.78 is 5.85. The first-order valence-corrected chi connectivity index (χ1v) is 7.68. The smallest absolute Gasteiger partial charge is 0.265 e. The van der Waals surface area contributed by atoms with Crippen LogP contribution >= 0.6 is 11.6 Å². The van der Waals surface area contributed by atoms with Crippen LogP contribution in [0.5, 0.6) is 5.75 Å². The molecule has 2 aromatic rings. The van der Waals surface area contributed by atoms with Crippen molar-refractivity contribution in [1.29, 1.82) is 0 Å². The number of anilines is 1. The van der Waals surface area contributed by atoms with Gasteiger partial charge in [-0.15, -0.1) is 0 Å². The Balaban J connectivity index is 2.10. The van der Waals surface area contributed by atoms with Gasteiger partial charge in [-0.2, -0.15) is 0 Å². The summed E-state index contributed by atoms with van der Waals surface area (Å²) in [5.41, 5.74) is 2.68. The van der Waals surface area contributed by atoms with E-state index in [2.05, 4.69) is 5.32 Å². The third kappa shape index (κ3) is 4.01. The molecule has 0 spiro atoms. The number of halogens is 1. The predicted molar refractivity (Wildman–Crippen MR) is 90.7 cm³/mol. The molecule has 1 atom stereocenters. The van der Waals surface area contributed by atoms with Gasteiger partial charge in [-0.1, -0.05) is 36.7 Å². The van der Waals surface area contributed by atoms with Crippen LogP contribution in [0.25, 0.3) is 0 Å². The second-order valence-corrected chi connectivity index (χ2v) is 5.67. The lowest BCUT2D eigenvalue weighted by molar-refractivity contribution is -0.122. The summed E-state index contributed by atoms with van der Waals surface area (Å²) in [6.45, 7) is 5.80. The largest absolute Gasteiger partial charge is 0.480 e. The molecular formula is C18H20ClNO2. The zero-order valence-electron chi connectivity index (χ0n) is 13.0. The molecule has 1 amide bonds. The van der Waals surface area contributed by atoms with Gasteiger partial charge in [0.15, 0.2) is 6.10 Å². The van der Waals surface area contributed by atoms with Crippen LogP contribution in [0.15, 0.2) is 42.5 Å². The number of rotatable bonds is 5. The minimum atomic E-state index is -0.531. The topological polar surface area (TPSA) is 38.3 Å². The molecule has 0 saturated heterocycles. The van der Waals surface area contributed by atoms with Gasteiger partial charge in [0.2, 0.25) is 0 Å². The monoisotopic (exact) mass is 317 g/mol. The number of aryl methyl sites for hydroxylation is 2. The SMILES string of the molecule is CC[C@H](Oc1ccccc1C)C(=O)Nc1ccc(Cl)cc1C. The Morgan fingerprint density at radius 1 is 1.18 bits per heavy atom. The number of hydrogen-bond donors (Lipinski definition) is 1. The Bertz CT molecular complexity index is 670. The van der Waals surface area contributed by atoms with E-state index in [1.807, 2.05) is 51.1 Å². The average Bonchev–Trinajstić information content (AvgIpc) is 2.49. The highest BCUT2D eigenvalue weighted by molar-refractivity contribution is 6.30. The minimum Gasteiger partial charge on any atom is -0.480 e. The summed E-state index contributed by atoms with van der Waals surface area (Å²) in [5, 5.41) is 3.56. The van der Waals surface area contributed by atoms with Crippen molar-refractivity contribution in [2.24, 2.45) is 0 Å². The van der Waals surface area contributed by atoms with Gasteiger partial charge in [0.05, 0.1) is 0 Å². The van der Waals surface area contributed by atoms with Crippen molar-refractivity contribution in [1.82, 2.24) is 0 Å². The van der Waals surface area contributed by atoms with Gasteiger partial charge in [0.25, 0.3) is 5.91 Å². The molecule has 0 aliphatic rings. The van der Waals surface area contributed by atoms with Crippen LogP contribution < -0.4 is 10.1 Å². The van der Waals surface area contributed by atoms with Gasteiger partial charge in [-0.3, -0.25) is 4.79 Å². The maximum absolute atomic E-state index is 12.4. The molecule has 0 bridgehead atoms. The highest BCUT2D eigenvalue weighted by Gasteiger charge is 2.19. The fourth-order valence-corrected chi connectivity index (χ4v) is 2.37. The molecule has 2 aromatic carbocycles. The van der Waals surface area contributed by atoms with Crippen molar-refractivity contribution in [2.75, 3.05) is 5.32 Å². The Morgan fingerprint density at radius 3 is 2.55 bits per heavy atom. The van der Waals surface area contributed by atoms with E-state index in [1.165, 1.54) is 0 Å². The average molecular weight is 318 g/mol. The van der Waals surface area contributed by atoms with E-state index in [4.69, 9.17) is 16.3 Å². The molecule has 0 unspecified atom stereocenters. The van der Waals surface area contributed by atoms with Crippen molar-refractivity contribution >= 4 is 23.2 Å². The summed E-state index contributed by atoms with van der Waals surface area (Å²) in [5.74, 6) is 0.577. The Morgan fingerprint density at radius 2 is 1.91 bits per heavy atom. The number of nitrogens with one attached hydrogen (secondary N) is 1. The van der Waals surface area contributed by atoms with Crippen LogP contribution in [0, 0.1) is 13.8 Å². The second kappa shape index (κ2) is 7.32. The lowest BCUT2D eigenvalue weighted by Crippen LogP contribution is -2.32. The quantitative estimate of drug-likeness (QED) is 0.864. The molecule has 0 saturated carbocycles. The van der Waals surface area contributed by atoms with Gasteiger partial charge in [-0.05, 0) is 55.7 Å². The summed E-state index contributed by atoms with van der Waals surface area (Å²) in [4.78, 5) is 12.4. The molecule has 2 rings (SSSR count). The maximum atomic E-state index is 12.4. The van der Waals surface area contributed by atoms with E-state index in [0.717, 1.165) is 22.6 Å². The van der Waals surface area contributed by atoms with E-state index in [-0.39, 0.29) is 5.91 Å². The van der Waals surface area contributed by atoms with Crippen molar-refractivity contribution in [3.05, 3.63) is 58.6 Å². The van der Waals surface area contributed by atoms with Crippen LogP contribution in [0.1, 0.15) is 24.5 Å². The Kier molecular flexibility index (Phi) is 5.45. The Hall–Kier alpha value is -2.00. The van der Waals surface area contributed by atoms with Crippen LogP contribution in [0.4, 0.5) is 5.69 Å². The minimum absolute atomic E-state index is 0.156. The first-order valence-electron chi connectivity index (χ1n) is 7.30. The molecule has 0 aliphatic carbocycles. The van der Waals surface area contributed by atoms with E-state index < -0.39 is 6.10 Å². The fraction of sp³-hybridized carbons (Fsp3) is 0.278. The third-order valence-electron chi connectivity index (χ3n) is 3.47. The summed E-state index contributed by atoms with van der Waals surface area (Å²) in [6, 6.07) is 13.1. The number of carbonyl (C=O) groups is 1. The summed E-state index contributed by atoms with van der Waals surface area (Å²) in [6.07, 6.45) is 0.0588. The molecule has 22 heavy (non-hydrogen) atoms. The second-order valence-electron chi connectivity index (χ2n) is 5.23. The molecule has 116 valence electrons. The number of para-hydroxylation sites is 1. The number of ether oxygens (including phenoxy) is 1. The van der Waals surface area contributed by atoms with E-state index in [9.17, 15) is 4.79 Å². The molecule has 0 aromatic heterocycles. The first kappa shape index (κ1) is 16.4. The molecule has 0 aliphatic heterocycles. The molecule has 0 radical (unpaired) electrons. The normalized spacial score (nSPS) is 11.8. The van der Waals surface area contributed by atoms with Crippen LogP contribution in [-0.4, -0.2) is 12.0 Å². The molecule has 0 heterocycles. The zero-order chi connectivity index (χ0) is 16.1. The molecule has 3 nitrogen and oxygen atoms in total. The first-order chi connectivity index (χ1) is 10.5. The van der Waals surface area contributed by atoms with Gasteiger partial charge < -0.3 is 10.1 Å². The van der Waals surface area contributed by atoms with Gasteiger partial charge in [0, 0.05) is 10.7 Å². The van der Waals surface area contributed by atoms with Gasteiger partial charge >= 0.3 is 0 Å². The number of hydrogen-bond acceptors (Lipinski definition) is 2. The van der Waals surface area contributed by atoms with Crippen molar-refractivity contribution < 1.29 is 9.53 Å². The third-order valence-corrected chi connectivity index (χ3v) is 3.71. The highest BCUT2D eigenvalue weighted by Crippen LogP contribution is 2.22. The molecule has 1 N–H and O–H groups in total. The standard InChI is InChI=1S/C18H20ClNO2/c1-4-16(22-17-8-6-5-7-12(17)2)18(21)20-15-10-9-14(19)11-13(15)3/h5-11,16H,4H2,1-3H3,(H,20,21)/t16-/m0/s1. The molecular weight excluding hydrogens is 298 g/mol. The van der Waals surface area contributed by atoms with E-state index in [1.54, 1.807) is 12.1 Å². The Labute approximate surface area is 136 Å². The highest BCUT2D eigenvalue weighted by atomic mass is 35.5. The van der Waals surface area contributed by atoms with Gasteiger partial charge in [-0.25, -0.2) is 0 Å².